The number of hydrogen-bond donors (Lipinski definition) is 2. The molecule has 0 heterocycles. The molecule has 0 radical (unpaired) electrons. The molecule has 128 valence electrons. The fourth-order valence-electron chi connectivity index (χ4n) is 2.04. The highest BCUT2D eigenvalue weighted by atomic mass is 32.2. The Labute approximate surface area is 143 Å². The standard InChI is InChI=1S/C18H22N2O3S/c1-4-14(3)20-24(22,23)17-11-7-15(8-12-17)18(21)19-16-9-5-13(2)6-10-16/h5-12,14,20H,4H2,1-3H3,(H,19,21)/t14-/m1/s1. The first-order valence-electron chi connectivity index (χ1n) is 7.82. The van der Waals surface area contributed by atoms with Crippen molar-refractivity contribution in [3.05, 3.63) is 59.7 Å². The van der Waals surface area contributed by atoms with E-state index in [1.165, 1.54) is 24.3 Å². The van der Waals surface area contributed by atoms with Gasteiger partial charge in [0.05, 0.1) is 4.90 Å². The monoisotopic (exact) mass is 346 g/mol. The molecule has 5 nitrogen and oxygen atoms in total. The van der Waals surface area contributed by atoms with Gasteiger partial charge in [-0.05, 0) is 56.7 Å². The first-order chi connectivity index (χ1) is 11.3. The molecule has 0 fully saturated rings. The zero-order valence-corrected chi connectivity index (χ0v) is 14.9. The first kappa shape index (κ1) is 18.2. The lowest BCUT2D eigenvalue weighted by Crippen LogP contribution is -2.32. The molecule has 2 aromatic rings. The van der Waals surface area contributed by atoms with Gasteiger partial charge in [0.15, 0.2) is 0 Å². The molecule has 0 unspecified atom stereocenters. The van der Waals surface area contributed by atoms with Crippen molar-refractivity contribution < 1.29 is 13.2 Å². The number of hydrogen-bond acceptors (Lipinski definition) is 3. The first-order valence-corrected chi connectivity index (χ1v) is 9.30. The van der Waals surface area contributed by atoms with Crippen LogP contribution in [0.2, 0.25) is 0 Å². The summed E-state index contributed by atoms with van der Waals surface area (Å²) in [5.74, 6) is -0.280. The van der Waals surface area contributed by atoms with Crippen LogP contribution < -0.4 is 10.0 Å². The molecular formula is C18H22N2O3S. The summed E-state index contributed by atoms with van der Waals surface area (Å²) in [7, 11) is -3.56. The summed E-state index contributed by atoms with van der Waals surface area (Å²) in [4.78, 5) is 12.4. The van der Waals surface area contributed by atoms with Crippen molar-refractivity contribution in [2.75, 3.05) is 5.32 Å². The van der Waals surface area contributed by atoms with Gasteiger partial charge in [0.25, 0.3) is 5.91 Å². The second-order valence-electron chi connectivity index (χ2n) is 5.78. The van der Waals surface area contributed by atoms with E-state index < -0.39 is 10.0 Å². The van der Waals surface area contributed by atoms with Gasteiger partial charge >= 0.3 is 0 Å². The van der Waals surface area contributed by atoms with E-state index in [0.717, 1.165) is 5.56 Å². The predicted molar refractivity (Wildman–Crippen MR) is 95.6 cm³/mol. The Bertz CT molecular complexity index is 797. The summed E-state index contributed by atoms with van der Waals surface area (Å²) in [6, 6.07) is 13.2. The lowest BCUT2D eigenvalue weighted by molar-refractivity contribution is 0.102. The number of sulfonamides is 1. The molecule has 0 aliphatic carbocycles. The number of aryl methyl sites for hydroxylation is 1. The maximum absolute atomic E-state index is 12.2. The minimum Gasteiger partial charge on any atom is -0.322 e. The highest BCUT2D eigenvalue weighted by Crippen LogP contribution is 2.14. The summed E-state index contributed by atoms with van der Waals surface area (Å²) in [5, 5.41) is 2.78. The second-order valence-corrected chi connectivity index (χ2v) is 7.49. The third-order valence-corrected chi connectivity index (χ3v) is 5.31. The van der Waals surface area contributed by atoms with Crippen molar-refractivity contribution in [1.29, 1.82) is 0 Å². The smallest absolute Gasteiger partial charge is 0.255 e. The molecule has 1 atom stereocenters. The minimum absolute atomic E-state index is 0.139. The van der Waals surface area contributed by atoms with Crippen LogP contribution in [-0.2, 0) is 10.0 Å². The van der Waals surface area contributed by atoms with Crippen LogP contribution in [0.3, 0.4) is 0 Å². The van der Waals surface area contributed by atoms with Crippen molar-refractivity contribution >= 4 is 21.6 Å². The molecule has 0 saturated carbocycles. The molecule has 24 heavy (non-hydrogen) atoms. The Morgan fingerprint density at radius 3 is 2.17 bits per heavy atom. The van der Waals surface area contributed by atoms with Crippen LogP contribution in [0, 0.1) is 6.92 Å². The molecule has 2 rings (SSSR count). The summed E-state index contributed by atoms with van der Waals surface area (Å²) in [5.41, 5.74) is 2.20. The Hall–Kier alpha value is -2.18. The number of anilines is 1. The van der Waals surface area contributed by atoms with Gasteiger partial charge in [-0.15, -0.1) is 0 Å². The fraction of sp³-hybridized carbons (Fsp3) is 0.278. The summed E-state index contributed by atoms with van der Waals surface area (Å²) in [6.45, 7) is 5.69. The van der Waals surface area contributed by atoms with Crippen molar-refractivity contribution in [2.45, 2.75) is 38.1 Å². The Morgan fingerprint density at radius 1 is 1.04 bits per heavy atom. The molecule has 0 aliphatic rings. The zero-order valence-electron chi connectivity index (χ0n) is 14.0. The van der Waals surface area contributed by atoms with Gasteiger partial charge in [-0.3, -0.25) is 4.79 Å². The van der Waals surface area contributed by atoms with Gasteiger partial charge in [0, 0.05) is 17.3 Å². The van der Waals surface area contributed by atoms with E-state index in [0.29, 0.717) is 17.7 Å². The van der Waals surface area contributed by atoms with E-state index in [1.807, 2.05) is 38.1 Å². The highest BCUT2D eigenvalue weighted by Gasteiger charge is 2.17. The van der Waals surface area contributed by atoms with E-state index in [1.54, 1.807) is 6.92 Å². The van der Waals surface area contributed by atoms with Gasteiger partial charge in [0.2, 0.25) is 10.0 Å². The van der Waals surface area contributed by atoms with Gasteiger partial charge in [-0.2, -0.15) is 0 Å². The number of carbonyl (C=O) groups is 1. The Kier molecular flexibility index (Phi) is 5.75. The number of carbonyl (C=O) groups excluding carboxylic acids is 1. The van der Waals surface area contributed by atoms with Crippen LogP contribution in [0.5, 0.6) is 0 Å². The number of benzene rings is 2. The van der Waals surface area contributed by atoms with E-state index >= 15 is 0 Å². The van der Waals surface area contributed by atoms with Gasteiger partial charge in [-0.1, -0.05) is 24.6 Å². The fourth-order valence-corrected chi connectivity index (χ4v) is 3.37. The van der Waals surface area contributed by atoms with Crippen LogP contribution in [0.4, 0.5) is 5.69 Å². The summed E-state index contributed by atoms with van der Waals surface area (Å²) >= 11 is 0. The minimum atomic E-state index is -3.56. The Balaban J connectivity index is 2.11. The average Bonchev–Trinajstić information content (AvgIpc) is 2.56. The molecule has 0 spiro atoms. The van der Waals surface area contributed by atoms with Crippen molar-refractivity contribution in [2.24, 2.45) is 0 Å². The topological polar surface area (TPSA) is 75.3 Å². The normalized spacial score (nSPS) is 12.6. The third kappa shape index (κ3) is 4.66. The molecule has 1 amide bonds. The average molecular weight is 346 g/mol. The summed E-state index contributed by atoms with van der Waals surface area (Å²) < 4.78 is 27.0. The Morgan fingerprint density at radius 2 is 1.62 bits per heavy atom. The molecular weight excluding hydrogens is 324 g/mol. The predicted octanol–water partition coefficient (Wildman–Crippen LogP) is 3.32. The summed E-state index contributed by atoms with van der Waals surface area (Å²) in [6.07, 6.45) is 0.705. The number of amides is 1. The van der Waals surface area contributed by atoms with Gasteiger partial charge in [-0.25, -0.2) is 13.1 Å². The van der Waals surface area contributed by atoms with Crippen LogP contribution >= 0.6 is 0 Å². The molecule has 0 bridgehead atoms. The van der Waals surface area contributed by atoms with Crippen LogP contribution in [-0.4, -0.2) is 20.4 Å². The maximum atomic E-state index is 12.2. The SMILES string of the molecule is CC[C@@H](C)NS(=O)(=O)c1ccc(C(=O)Nc2ccc(C)cc2)cc1. The van der Waals surface area contributed by atoms with E-state index in [4.69, 9.17) is 0 Å². The molecule has 0 saturated heterocycles. The molecule has 0 aromatic heterocycles. The number of rotatable bonds is 6. The van der Waals surface area contributed by atoms with Gasteiger partial charge in [0.1, 0.15) is 0 Å². The largest absolute Gasteiger partial charge is 0.322 e. The van der Waals surface area contributed by atoms with Crippen LogP contribution in [0.15, 0.2) is 53.4 Å². The van der Waals surface area contributed by atoms with Crippen molar-refractivity contribution in [3.63, 3.8) is 0 Å². The molecule has 0 aliphatic heterocycles. The van der Waals surface area contributed by atoms with Crippen molar-refractivity contribution in [1.82, 2.24) is 4.72 Å². The maximum Gasteiger partial charge on any atom is 0.255 e. The van der Waals surface area contributed by atoms with E-state index in [2.05, 4.69) is 10.0 Å². The lowest BCUT2D eigenvalue weighted by Gasteiger charge is -2.12. The van der Waals surface area contributed by atoms with Crippen LogP contribution in [0.1, 0.15) is 36.2 Å². The third-order valence-electron chi connectivity index (χ3n) is 3.70. The van der Waals surface area contributed by atoms with E-state index in [9.17, 15) is 13.2 Å². The quantitative estimate of drug-likeness (QED) is 0.842. The van der Waals surface area contributed by atoms with Crippen LogP contribution in [0.25, 0.3) is 0 Å². The highest BCUT2D eigenvalue weighted by molar-refractivity contribution is 7.89. The molecule has 2 aromatic carbocycles. The van der Waals surface area contributed by atoms with Crippen molar-refractivity contribution in [3.8, 4) is 0 Å². The van der Waals surface area contributed by atoms with Gasteiger partial charge < -0.3 is 5.32 Å². The lowest BCUT2D eigenvalue weighted by atomic mass is 10.2. The number of nitrogens with one attached hydrogen (secondary N) is 2. The van der Waals surface area contributed by atoms with E-state index in [-0.39, 0.29) is 16.8 Å². The second kappa shape index (κ2) is 7.59. The molecule has 6 heteroatoms. The zero-order chi connectivity index (χ0) is 17.7. The molecule has 2 N–H and O–H groups in total.